The van der Waals surface area contributed by atoms with E-state index < -0.39 is 5.97 Å². The van der Waals surface area contributed by atoms with Crippen molar-refractivity contribution in [3.05, 3.63) is 29.3 Å². The van der Waals surface area contributed by atoms with E-state index in [0.717, 1.165) is 16.8 Å². The smallest absolute Gasteiger partial charge is 0.342 e. The van der Waals surface area contributed by atoms with E-state index in [2.05, 4.69) is 5.48 Å². The Labute approximate surface area is 88.4 Å². The second kappa shape index (κ2) is 5.01. The van der Waals surface area contributed by atoms with Crippen LogP contribution in [0.5, 0.6) is 0 Å². The number of nitrogens with one attached hydrogen (secondary N) is 1. The molecule has 0 aromatic heterocycles. The lowest BCUT2D eigenvalue weighted by Gasteiger charge is -2.10. The zero-order valence-electron chi connectivity index (χ0n) is 8.70. The SMILES string of the molecule is Cc1cccc(C)c1NOC(=O)CC#N. The topological polar surface area (TPSA) is 62.1 Å². The number of carbonyl (C=O) groups excluding carboxylic acids is 1. The van der Waals surface area contributed by atoms with Crippen LogP contribution in [0, 0.1) is 25.2 Å². The van der Waals surface area contributed by atoms with Crippen molar-refractivity contribution in [3.8, 4) is 6.07 Å². The summed E-state index contributed by atoms with van der Waals surface area (Å²) in [7, 11) is 0. The first-order valence-corrected chi connectivity index (χ1v) is 4.54. The lowest BCUT2D eigenvalue weighted by molar-refractivity contribution is -0.139. The summed E-state index contributed by atoms with van der Waals surface area (Å²) in [6.45, 7) is 3.82. The Hall–Kier alpha value is -2.02. The minimum Gasteiger partial charge on any atom is -0.342 e. The average molecular weight is 204 g/mol. The van der Waals surface area contributed by atoms with Crippen molar-refractivity contribution >= 4 is 11.7 Å². The Morgan fingerprint density at radius 2 is 2.07 bits per heavy atom. The molecule has 1 N–H and O–H groups in total. The summed E-state index contributed by atoms with van der Waals surface area (Å²) in [6.07, 6.45) is -0.252. The van der Waals surface area contributed by atoms with Gasteiger partial charge in [0.15, 0.2) is 0 Å². The zero-order valence-corrected chi connectivity index (χ0v) is 8.70. The maximum atomic E-state index is 10.9. The molecule has 78 valence electrons. The van der Waals surface area contributed by atoms with Crippen molar-refractivity contribution in [3.63, 3.8) is 0 Å². The van der Waals surface area contributed by atoms with E-state index in [4.69, 9.17) is 10.1 Å². The van der Waals surface area contributed by atoms with Gasteiger partial charge in [-0.05, 0) is 25.0 Å². The molecule has 1 rings (SSSR count). The fourth-order valence-corrected chi connectivity index (χ4v) is 1.18. The lowest BCUT2D eigenvalue weighted by Crippen LogP contribution is -2.11. The van der Waals surface area contributed by atoms with E-state index in [1.165, 1.54) is 0 Å². The van der Waals surface area contributed by atoms with Gasteiger partial charge in [-0.15, -0.1) is 0 Å². The Morgan fingerprint density at radius 1 is 1.47 bits per heavy atom. The van der Waals surface area contributed by atoms with E-state index in [-0.39, 0.29) is 6.42 Å². The molecule has 1 aromatic carbocycles. The first-order valence-electron chi connectivity index (χ1n) is 4.54. The molecule has 4 heteroatoms. The monoisotopic (exact) mass is 204 g/mol. The maximum Gasteiger partial charge on any atom is 0.346 e. The second-order valence-corrected chi connectivity index (χ2v) is 3.18. The van der Waals surface area contributed by atoms with E-state index >= 15 is 0 Å². The molecule has 0 spiro atoms. The quantitative estimate of drug-likeness (QED) is 0.766. The Balaban J connectivity index is 2.66. The summed E-state index contributed by atoms with van der Waals surface area (Å²) < 4.78 is 0. The van der Waals surface area contributed by atoms with E-state index in [9.17, 15) is 4.79 Å². The summed E-state index contributed by atoms with van der Waals surface area (Å²) in [5, 5.41) is 8.26. The van der Waals surface area contributed by atoms with Gasteiger partial charge in [0.25, 0.3) is 0 Å². The maximum absolute atomic E-state index is 10.9. The van der Waals surface area contributed by atoms with Crippen LogP contribution in [0.1, 0.15) is 17.5 Å². The summed E-state index contributed by atoms with van der Waals surface area (Å²) >= 11 is 0. The van der Waals surface area contributed by atoms with Gasteiger partial charge in [0.05, 0.1) is 11.8 Å². The number of nitriles is 1. The van der Waals surface area contributed by atoms with Crippen LogP contribution in [0.25, 0.3) is 0 Å². The highest BCUT2D eigenvalue weighted by Crippen LogP contribution is 2.19. The molecule has 0 aliphatic heterocycles. The average Bonchev–Trinajstić information content (AvgIpc) is 2.17. The lowest BCUT2D eigenvalue weighted by atomic mass is 10.1. The molecular formula is C11H12N2O2. The van der Waals surface area contributed by atoms with Crippen molar-refractivity contribution in [2.45, 2.75) is 20.3 Å². The number of aryl methyl sites for hydroxylation is 2. The molecule has 0 aliphatic carbocycles. The molecule has 0 unspecified atom stereocenters. The van der Waals surface area contributed by atoms with Crippen LogP contribution in [0.3, 0.4) is 0 Å². The minimum absolute atomic E-state index is 0.252. The fourth-order valence-electron chi connectivity index (χ4n) is 1.18. The van der Waals surface area contributed by atoms with Gasteiger partial charge in [-0.25, -0.2) is 10.3 Å². The standard InChI is InChI=1S/C11H12N2O2/c1-8-4-3-5-9(2)11(8)13-15-10(14)6-7-12/h3-5,13H,6H2,1-2H3. The summed E-state index contributed by atoms with van der Waals surface area (Å²) in [5.41, 5.74) is 5.30. The number of carbonyl (C=O) groups is 1. The number of benzene rings is 1. The van der Waals surface area contributed by atoms with E-state index in [1.54, 1.807) is 6.07 Å². The van der Waals surface area contributed by atoms with Gasteiger partial charge in [0.1, 0.15) is 6.42 Å². The molecule has 0 saturated heterocycles. The number of hydrogen-bond acceptors (Lipinski definition) is 4. The van der Waals surface area contributed by atoms with Crippen LogP contribution in [0.4, 0.5) is 5.69 Å². The number of rotatable bonds is 3. The van der Waals surface area contributed by atoms with Crippen molar-refractivity contribution in [1.82, 2.24) is 0 Å². The van der Waals surface area contributed by atoms with Gasteiger partial charge in [-0.3, -0.25) is 0 Å². The first kappa shape index (κ1) is 11.1. The van der Waals surface area contributed by atoms with Gasteiger partial charge in [-0.1, -0.05) is 18.2 Å². The summed E-state index contributed by atoms with van der Waals surface area (Å²) in [5.74, 6) is -0.583. The minimum atomic E-state index is -0.583. The molecule has 1 aromatic rings. The highest BCUT2D eigenvalue weighted by molar-refractivity contribution is 5.73. The Bertz CT molecular complexity index is 387. The van der Waals surface area contributed by atoms with Crippen molar-refractivity contribution in [2.24, 2.45) is 0 Å². The zero-order chi connectivity index (χ0) is 11.3. The Morgan fingerprint density at radius 3 is 2.60 bits per heavy atom. The van der Waals surface area contributed by atoms with Crippen LogP contribution in [0.15, 0.2) is 18.2 Å². The molecule has 15 heavy (non-hydrogen) atoms. The molecule has 4 nitrogen and oxygen atoms in total. The predicted octanol–water partition coefficient (Wildman–Crippen LogP) is 2.09. The van der Waals surface area contributed by atoms with E-state index in [1.807, 2.05) is 32.0 Å². The molecule has 0 fully saturated rings. The van der Waals surface area contributed by atoms with Crippen LogP contribution in [-0.4, -0.2) is 5.97 Å². The van der Waals surface area contributed by atoms with Crippen LogP contribution in [0.2, 0.25) is 0 Å². The van der Waals surface area contributed by atoms with Crippen molar-refractivity contribution in [1.29, 1.82) is 5.26 Å². The fraction of sp³-hybridized carbons (Fsp3) is 0.273. The Kier molecular flexibility index (Phi) is 3.69. The highest BCUT2D eigenvalue weighted by atomic mass is 16.7. The third-order valence-corrected chi connectivity index (χ3v) is 1.97. The van der Waals surface area contributed by atoms with Gasteiger partial charge >= 0.3 is 5.97 Å². The van der Waals surface area contributed by atoms with Gasteiger partial charge < -0.3 is 4.84 Å². The normalized spacial score (nSPS) is 9.13. The second-order valence-electron chi connectivity index (χ2n) is 3.18. The van der Waals surface area contributed by atoms with Crippen LogP contribution < -0.4 is 5.48 Å². The van der Waals surface area contributed by atoms with Gasteiger partial charge in [0.2, 0.25) is 0 Å². The molecule has 0 saturated carbocycles. The predicted molar refractivity (Wildman–Crippen MR) is 55.9 cm³/mol. The molecule has 0 heterocycles. The number of hydrogen-bond donors (Lipinski definition) is 1. The van der Waals surface area contributed by atoms with E-state index in [0.29, 0.717) is 0 Å². The first-order chi connectivity index (χ1) is 7.15. The molecule has 0 radical (unpaired) electrons. The molecule has 0 bridgehead atoms. The largest absolute Gasteiger partial charge is 0.346 e. The number of nitrogens with zero attached hydrogens (tertiary/aromatic N) is 1. The van der Waals surface area contributed by atoms with Gasteiger partial charge in [-0.2, -0.15) is 5.26 Å². The molecule has 0 aliphatic rings. The molecular weight excluding hydrogens is 192 g/mol. The van der Waals surface area contributed by atoms with Crippen LogP contribution >= 0.6 is 0 Å². The molecule has 0 amide bonds. The number of para-hydroxylation sites is 1. The van der Waals surface area contributed by atoms with Crippen LogP contribution in [-0.2, 0) is 9.63 Å². The van der Waals surface area contributed by atoms with Gasteiger partial charge in [0, 0.05) is 0 Å². The summed E-state index contributed by atoms with van der Waals surface area (Å²) in [6, 6.07) is 7.46. The van der Waals surface area contributed by atoms with Crippen molar-refractivity contribution in [2.75, 3.05) is 5.48 Å². The molecule has 0 atom stereocenters. The summed E-state index contributed by atoms with van der Waals surface area (Å²) in [4.78, 5) is 15.7. The highest BCUT2D eigenvalue weighted by Gasteiger charge is 2.05. The third kappa shape index (κ3) is 2.99. The van der Waals surface area contributed by atoms with Crippen molar-refractivity contribution < 1.29 is 9.63 Å². The third-order valence-electron chi connectivity index (χ3n) is 1.97. The number of anilines is 1.